The average Bonchev–Trinajstić information content (AvgIpc) is 2.47. The Kier molecular flexibility index (Phi) is 3.79. The van der Waals surface area contributed by atoms with Gasteiger partial charge in [-0.2, -0.15) is 0 Å². The number of nitrogens with zero attached hydrogens (tertiary/aromatic N) is 1. The maximum absolute atomic E-state index is 12.9. The molecule has 0 aliphatic carbocycles. The number of carbonyl (C=O) groups excluding carboxylic acids is 1. The van der Waals surface area contributed by atoms with Crippen molar-refractivity contribution in [1.82, 2.24) is 4.90 Å². The highest BCUT2D eigenvalue weighted by Gasteiger charge is 2.40. The van der Waals surface area contributed by atoms with Crippen LogP contribution in [0, 0.1) is 5.92 Å². The first-order chi connectivity index (χ1) is 10.3. The van der Waals surface area contributed by atoms with Crippen LogP contribution in [0.15, 0.2) is 24.3 Å². The van der Waals surface area contributed by atoms with Gasteiger partial charge in [0.2, 0.25) is 5.91 Å². The lowest BCUT2D eigenvalue weighted by Gasteiger charge is -2.45. The van der Waals surface area contributed by atoms with E-state index in [9.17, 15) is 13.2 Å². The van der Waals surface area contributed by atoms with Crippen molar-refractivity contribution in [3.05, 3.63) is 35.4 Å². The van der Waals surface area contributed by atoms with Gasteiger partial charge in [0, 0.05) is 12.5 Å². The Morgan fingerprint density at radius 3 is 2.50 bits per heavy atom. The van der Waals surface area contributed by atoms with E-state index in [0.717, 1.165) is 6.42 Å². The molecular weight excluding hydrogens is 298 g/mol. The largest absolute Gasteiger partial charge is 0.333 e. The van der Waals surface area contributed by atoms with E-state index in [1.165, 1.54) is 11.1 Å². The normalized spacial score (nSPS) is 23.8. The molecule has 0 saturated carbocycles. The van der Waals surface area contributed by atoms with Crippen LogP contribution in [-0.2, 0) is 26.6 Å². The molecule has 1 saturated heterocycles. The molecule has 2 aliphatic rings. The molecule has 0 aromatic heterocycles. The topological polar surface area (TPSA) is 54.5 Å². The Morgan fingerprint density at radius 2 is 1.82 bits per heavy atom. The van der Waals surface area contributed by atoms with Crippen LogP contribution in [0.3, 0.4) is 0 Å². The summed E-state index contributed by atoms with van der Waals surface area (Å²) in [4.78, 5) is 14.9. The zero-order valence-electron chi connectivity index (χ0n) is 13.2. The highest BCUT2D eigenvalue weighted by molar-refractivity contribution is 7.91. The third-order valence-electron chi connectivity index (χ3n) is 5.13. The van der Waals surface area contributed by atoms with Crippen LogP contribution in [-0.4, -0.2) is 37.3 Å². The van der Waals surface area contributed by atoms with Gasteiger partial charge in [-0.15, -0.1) is 0 Å². The maximum atomic E-state index is 12.9. The standard InChI is InChI=1S/C17H23NO3S/c1-17(2)15-6-4-3-5-13(15)7-10-18(17)16(19)14-8-11-22(20,21)12-9-14/h3-6,14H,7-12H2,1-2H3. The zero-order chi connectivity index (χ0) is 16.0. The highest BCUT2D eigenvalue weighted by atomic mass is 32.2. The summed E-state index contributed by atoms with van der Waals surface area (Å²) in [7, 11) is -2.93. The van der Waals surface area contributed by atoms with Gasteiger partial charge in [-0.1, -0.05) is 24.3 Å². The van der Waals surface area contributed by atoms with Gasteiger partial charge in [0.1, 0.15) is 9.84 Å². The molecule has 2 aliphatic heterocycles. The van der Waals surface area contributed by atoms with Crippen molar-refractivity contribution in [3.63, 3.8) is 0 Å². The van der Waals surface area contributed by atoms with Crippen LogP contribution in [0.25, 0.3) is 0 Å². The second-order valence-corrected chi connectivity index (χ2v) is 9.19. The lowest BCUT2D eigenvalue weighted by Crippen LogP contribution is -2.52. The van der Waals surface area contributed by atoms with Crippen LogP contribution < -0.4 is 0 Å². The minimum Gasteiger partial charge on any atom is -0.333 e. The molecule has 22 heavy (non-hydrogen) atoms. The SMILES string of the molecule is CC1(C)c2ccccc2CCN1C(=O)C1CCS(=O)(=O)CC1. The maximum Gasteiger partial charge on any atom is 0.226 e. The Balaban J connectivity index is 1.82. The van der Waals surface area contributed by atoms with Gasteiger partial charge in [-0.3, -0.25) is 4.79 Å². The summed E-state index contributed by atoms with van der Waals surface area (Å²) in [5.41, 5.74) is 2.18. The van der Waals surface area contributed by atoms with Gasteiger partial charge in [0.25, 0.3) is 0 Å². The first kappa shape index (κ1) is 15.5. The molecule has 4 nitrogen and oxygen atoms in total. The van der Waals surface area contributed by atoms with Crippen molar-refractivity contribution in [3.8, 4) is 0 Å². The number of fused-ring (bicyclic) bond motifs is 1. The number of benzene rings is 1. The van der Waals surface area contributed by atoms with E-state index in [4.69, 9.17) is 0 Å². The Morgan fingerprint density at radius 1 is 1.18 bits per heavy atom. The zero-order valence-corrected chi connectivity index (χ0v) is 14.0. The minimum atomic E-state index is -2.93. The van der Waals surface area contributed by atoms with E-state index in [0.29, 0.717) is 19.4 Å². The van der Waals surface area contributed by atoms with Crippen molar-refractivity contribution in [1.29, 1.82) is 0 Å². The van der Waals surface area contributed by atoms with Crippen LogP contribution in [0.2, 0.25) is 0 Å². The third kappa shape index (κ3) is 2.67. The molecule has 0 bridgehead atoms. The molecule has 1 fully saturated rings. The fourth-order valence-corrected chi connectivity index (χ4v) is 5.23. The van der Waals surface area contributed by atoms with E-state index in [2.05, 4.69) is 26.0 Å². The quantitative estimate of drug-likeness (QED) is 0.796. The molecule has 2 heterocycles. The van der Waals surface area contributed by atoms with Gasteiger partial charge in [0.05, 0.1) is 17.0 Å². The number of rotatable bonds is 1. The summed E-state index contributed by atoms with van der Waals surface area (Å²) in [6.45, 7) is 4.89. The molecule has 5 heteroatoms. The number of sulfone groups is 1. The molecule has 1 amide bonds. The average molecular weight is 321 g/mol. The second kappa shape index (κ2) is 5.37. The predicted octanol–water partition coefficient (Wildman–Crippen LogP) is 2.13. The van der Waals surface area contributed by atoms with Crippen LogP contribution in [0.1, 0.15) is 37.8 Å². The molecule has 120 valence electrons. The van der Waals surface area contributed by atoms with Crippen LogP contribution in [0.4, 0.5) is 0 Å². The van der Waals surface area contributed by atoms with Gasteiger partial charge < -0.3 is 4.90 Å². The van der Waals surface area contributed by atoms with Crippen molar-refractivity contribution in [2.75, 3.05) is 18.1 Å². The Hall–Kier alpha value is -1.36. The summed E-state index contributed by atoms with van der Waals surface area (Å²) in [5, 5.41) is 0. The molecule has 0 N–H and O–H groups in total. The lowest BCUT2D eigenvalue weighted by molar-refractivity contribution is -0.142. The van der Waals surface area contributed by atoms with Gasteiger partial charge in [-0.05, 0) is 44.2 Å². The Labute approximate surface area is 132 Å². The summed E-state index contributed by atoms with van der Waals surface area (Å²) >= 11 is 0. The fourth-order valence-electron chi connectivity index (χ4n) is 3.74. The monoisotopic (exact) mass is 321 g/mol. The molecule has 1 aromatic rings. The highest BCUT2D eigenvalue weighted by Crippen LogP contribution is 2.37. The van der Waals surface area contributed by atoms with Gasteiger partial charge in [0.15, 0.2) is 0 Å². The molecule has 0 spiro atoms. The third-order valence-corrected chi connectivity index (χ3v) is 6.84. The predicted molar refractivity (Wildman–Crippen MR) is 86.3 cm³/mol. The van der Waals surface area contributed by atoms with Crippen molar-refractivity contribution >= 4 is 15.7 Å². The molecular formula is C17H23NO3S. The van der Waals surface area contributed by atoms with Crippen LogP contribution in [0.5, 0.6) is 0 Å². The Bertz CT molecular complexity index is 680. The summed E-state index contributed by atoms with van der Waals surface area (Å²) in [5.74, 6) is 0.269. The number of hydrogen-bond acceptors (Lipinski definition) is 3. The molecule has 3 rings (SSSR count). The summed E-state index contributed by atoms with van der Waals surface area (Å²) in [6, 6.07) is 8.28. The first-order valence-electron chi connectivity index (χ1n) is 7.91. The second-order valence-electron chi connectivity index (χ2n) is 6.88. The molecule has 0 radical (unpaired) electrons. The molecule has 1 aromatic carbocycles. The summed E-state index contributed by atoms with van der Waals surface area (Å²) < 4.78 is 23.1. The van der Waals surface area contributed by atoms with E-state index in [-0.39, 0.29) is 28.9 Å². The van der Waals surface area contributed by atoms with Crippen molar-refractivity contribution in [2.24, 2.45) is 5.92 Å². The summed E-state index contributed by atoms with van der Waals surface area (Å²) in [6.07, 6.45) is 1.81. The van der Waals surface area contributed by atoms with Gasteiger partial charge >= 0.3 is 0 Å². The van der Waals surface area contributed by atoms with E-state index >= 15 is 0 Å². The van der Waals surface area contributed by atoms with E-state index < -0.39 is 9.84 Å². The van der Waals surface area contributed by atoms with Crippen molar-refractivity contribution < 1.29 is 13.2 Å². The number of hydrogen-bond donors (Lipinski definition) is 0. The van der Waals surface area contributed by atoms with E-state index in [1.807, 2.05) is 17.0 Å². The van der Waals surface area contributed by atoms with E-state index in [1.54, 1.807) is 0 Å². The molecule has 0 unspecified atom stereocenters. The fraction of sp³-hybridized carbons (Fsp3) is 0.588. The van der Waals surface area contributed by atoms with Gasteiger partial charge in [-0.25, -0.2) is 8.42 Å². The number of carbonyl (C=O) groups is 1. The first-order valence-corrected chi connectivity index (χ1v) is 9.74. The number of amides is 1. The minimum absolute atomic E-state index is 0.120. The van der Waals surface area contributed by atoms with Crippen LogP contribution >= 0.6 is 0 Å². The molecule has 0 atom stereocenters. The smallest absolute Gasteiger partial charge is 0.226 e. The van der Waals surface area contributed by atoms with Crippen molar-refractivity contribution in [2.45, 2.75) is 38.6 Å². The lowest BCUT2D eigenvalue weighted by atomic mass is 9.82.